The van der Waals surface area contributed by atoms with E-state index in [0.29, 0.717) is 0 Å². The summed E-state index contributed by atoms with van der Waals surface area (Å²) < 4.78 is 5.70. The lowest BCUT2D eigenvalue weighted by Gasteiger charge is -1.90. The molecule has 0 aliphatic rings. The first kappa shape index (κ1) is 10.3. The average molecular weight is 241 g/mol. The molecule has 0 saturated carbocycles. The number of carboxylic acids is 1. The first-order valence-electron chi connectivity index (χ1n) is 4.08. The summed E-state index contributed by atoms with van der Waals surface area (Å²) in [6.07, 6.45) is 3.19. The standard InChI is InChI=1S/C9H7NO3S2/c11-8(12)5-15-9-10-7(4-14-9)6-1-2-13-3-6/h1-4H,5H2,(H,11,12). The van der Waals surface area contributed by atoms with Crippen LogP contribution in [-0.2, 0) is 4.79 Å². The molecule has 4 nitrogen and oxygen atoms in total. The molecule has 6 heteroatoms. The van der Waals surface area contributed by atoms with Gasteiger partial charge in [0.25, 0.3) is 0 Å². The minimum Gasteiger partial charge on any atom is -0.481 e. The van der Waals surface area contributed by atoms with Crippen molar-refractivity contribution in [2.24, 2.45) is 0 Å². The Kier molecular flexibility index (Phi) is 3.08. The molecule has 0 radical (unpaired) electrons. The van der Waals surface area contributed by atoms with Crippen molar-refractivity contribution in [1.29, 1.82) is 0 Å². The third-order valence-electron chi connectivity index (χ3n) is 1.62. The summed E-state index contributed by atoms with van der Waals surface area (Å²) in [5.74, 6) is -0.793. The van der Waals surface area contributed by atoms with Crippen molar-refractivity contribution in [3.63, 3.8) is 0 Å². The van der Waals surface area contributed by atoms with Gasteiger partial charge in [-0.15, -0.1) is 11.3 Å². The highest BCUT2D eigenvalue weighted by atomic mass is 32.2. The molecule has 2 heterocycles. The summed E-state index contributed by atoms with van der Waals surface area (Å²) >= 11 is 2.66. The number of aromatic nitrogens is 1. The molecule has 0 saturated heterocycles. The second-order valence-electron chi connectivity index (χ2n) is 2.69. The number of thiazole rings is 1. The Labute approximate surface area is 94.0 Å². The molecule has 15 heavy (non-hydrogen) atoms. The lowest BCUT2D eigenvalue weighted by molar-refractivity contribution is -0.133. The highest BCUT2D eigenvalue weighted by molar-refractivity contribution is 8.01. The monoisotopic (exact) mass is 241 g/mol. The fourth-order valence-corrected chi connectivity index (χ4v) is 2.55. The molecule has 1 N–H and O–H groups in total. The second-order valence-corrected chi connectivity index (χ2v) is 4.77. The van der Waals surface area contributed by atoms with Crippen molar-refractivity contribution in [1.82, 2.24) is 4.98 Å². The fourth-order valence-electron chi connectivity index (χ4n) is 0.990. The summed E-state index contributed by atoms with van der Waals surface area (Å²) in [5.41, 5.74) is 1.73. The fraction of sp³-hybridized carbons (Fsp3) is 0.111. The van der Waals surface area contributed by atoms with Crippen LogP contribution in [0.2, 0.25) is 0 Å². The van der Waals surface area contributed by atoms with Gasteiger partial charge in [0.05, 0.1) is 24.0 Å². The maximum Gasteiger partial charge on any atom is 0.313 e. The number of carboxylic acid groups (broad SMARTS) is 1. The van der Waals surface area contributed by atoms with Crippen LogP contribution in [0.25, 0.3) is 11.3 Å². The summed E-state index contributed by atoms with van der Waals surface area (Å²) in [5, 5.41) is 10.4. The summed E-state index contributed by atoms with van der Waals surface area (Å²) in [7, 11) is 0. The molecule has 0 amide bonds. The van der Waals surface area contributed by atoms with Gasteiger partial charge in [0, 0.05) is 10.9 Å². The van der Waals surface area contributed by atoms with E-state index in [0.717, 1.165) is 15.6 Å². The molecular weight excluding hydrogens is 234 g/mol. The molecule has 0 fully saturated rings. The summed E-state index contributed by atoms with van der Waals surface area (Å²) in [6.45, 7) is 0. The number of rotatable bonds is 4. The molecular formula is C9H7NO3S2. The largest absolute Gasteiger partial charge is 0.481 e. The van der Waals surface area contributed by atoms with E-state index in [9.17, 15) is 4.79 Å². The van der Waals surface area contributed by atoms with Gasteiger partial charge in [-0.05, 0) is 6.07 Å². The molecule has 0 atom stereocenters. The molecule has 2 aromatic rings. The molecule has 0 unspecified atom stereocenters. The van der Waals surface area contributed by atoms with Gasteiger partial charge in [0.2, 0.25) is 0 Å². The SMILES string of the molecule is O=C(O)CSc1nc(-c2ccoc2)cs1. The number of carbonyl (C=O) groups is 1. The zero-order valence-corrected chi connectivity index (χ0v) is 9.18. The quantitative estimate of drug-likeness (QED) is 0.833. The molecule has 78 valence electrons. The zero-order valence-electron chi connectivity index (χ0n) is 7.54. The third kappa shape index (κ3) is 2.60. The van der Waals surface area contributed by atoms with Crippen LogP contribution in [-0.4, -0.2) is 21.8 Å². The summed E-state index contributed by atoms with van der Waals surface area (Å²) in [6, 6.07) is 1.82. The third-order valence-corrected chi connectivity index (χ3v) is 3.62. The topological polar surface area (TPSA) is 63.3 Å². The van der Waals surface area contributed by atoms with Gasteiger partial charge in [0.1, 0.15) is 0 Å². The van der Waals surface area contributed by atoms with Crippen molar-refractivity contribution in [3.8, 4) is 11.3 Å². The highest BCUT2D eigenvalue weighted by Gasteiger charge is 2.07. The van der Waals surface area contributed by atoms with Gasteiger partial charge < -0.3 is 9.52 Å². The number of nitrogens with zero attached hydrogens (tertiary/aromatic N) is 1. The van der Waals surface area contributed by atoms with Crippen molar-refractivity contribution in [2.75, 3.05) is 5.75 Å². The van der Waals surface area contributed by atoms with Crippen molar-refractivity contribution >= 4 is 29.1 Å². The van der Waals surface area contributed by atoms with E-state index in [1.807, 2.05) is 11.4 Å². The van der Waals surface area contributed by atoms with E-state index < -0.39 is 5.97 Å². The maximum absolute atomic E-state index is 10.3. The lowest BCUT2D eigenvalue weighted by atomic mass is 10.3. The van der Waals surface area contributed by atoms with Crippen LogP contribution in [0.3, 0.4) is 0 Å². The van der Waals surface area contributed by atoms with Gasteiger partial charge in [-0.2, -0.15) is 0 Å². The van der Waals surface area contributed by atoms with E-state index >= 15 is 0 Å². The van der Waals surface area contributed by atoms with Crippen LogP contribution in [0, 0.1) is 0 Å². The zero-order chi connectivity index (χ0) is 10.7. The van der Waals surface area contributed by atoms with Crippen LogP contribution >= 0.6 is 23.1 Å². The smallest absolute Gasteiger partial charge is 0.313 e. The lowest BCUT2D eigenvalue weighted by Crippen LogP contribution is -1.96. The van der Waals surface area contributed by atoms with E-state index in [-0.39, 0.29) is 5.75 Å². The molecule has 2 rings (SSSR count). The predicted octanol–water partition coefficient (Wildman–Crippen LogP) is 2.58. The summed E-state index contributed by atoms with van der Waals surface area (Å²) in [4.78, 5) is 14.6. The minimum absolute atomic E-state index is 0.0400. The van der Waals surface area contributed by atoms with Gasteiger partial charge in [-0.1, -0.05) is 11.8 Å². The van der Waals surface area contributed by atoms with E-state index in [2.05, 4.69) is 4.98 Å². The Balaban J connectivity index is 2.08. The van der Waals surface area contributed by atoms with E-state index in [1.165, 1.54) is 23.1 Å². The van der Waals surface area contributed by atoms with E-state index in [4.69, 9.17) is 9.52 Å². The number of hydrogen-bond acceptors (Lipinski definition) is 5. The van der Waals surface area contributed by atoms with Gasteiger partial charge >= 0.3 is 5.97 Å². The second kappa shape index (κ2) is 4.50. The Morgan fingerprint density at radius 3 is 3.20 bits per heavy atom. The minimum atomic E-state index is -0.833. The molecule has 0 spiro atoms. The van der Waals surface area contributed by atoms with Crippen LogP contribution in [0.4, 0.5) is 0 Å². The first-order chi connectivity index (χ1) is 7.25. The van der Waals surface area contributed by atoms with Gasteiger partial charge in [0.15, 0.2) is 4.34 Å². The first-order valence-corrected chi connectivity index (χ1v) is 5.95. The number of hydrogen-bond donors (Lipinski definition) is 1. The number of furan rings is 1. The highest BCUT2D eigenvalue weighted by Crippen LogP contribution is 2.28. The van der Waals surface area contributed by atoms with Crippen molar-refractivity contribution in [2.45, 2.75) is 4.34 Å². The Morgan fingerprint density at radius 2 is 2.53 bits per heavy atom. The van der Waals surface area contributed by atoms with Crippen molar-refractivity contribution < 1.29 is 14.3 Å². The normalized spacial score (nSPS) is 10.4. The molecule has 0 aromatic carbocycles. The Bertz CT molecular complexity index is 450. The Hall–Kier alpha value is -1.27. The van der Waals surface area contributed by atoms with Crippen LogP contribution < -0.4 is 0 Å². The van der Waals surface area contributed by atoms with Gasteiger partial charge in [-0.25, -0.2) is 4.98 Å². The van der Waals surface area contributed by atoms with Gasteiger partial charge in [-0.3, -0.25) is 4.79 Å². The van der Waals surface area contributed by atoms with Crippen LogP contribution in [0.1, 0.15) is 0 Å². The van der Waals surface area contributed by atoms with Crippen LogP contribution in [0.15, 0.2) is 32.7 Å². The molecule has 0 bridgehead atoms. The molecule has 2 aromatic heterocycles. The maximum atomic E-state index is 10.3. The average Bonchev–Trinajstić information content (AvgIpc) is 2.85. The van der Waals surface area contributed by atoms with Crippen LogP contribution in [0.5, 0.6) is 0 Å². The molecule has 0 aliphatic heterocycles. The molecule has 0 aliphatic carbocycles. The van der Waals surface area contributed by atoms with Crippen molar-refractivity contribution in [3.05, 3.63) is 24.0 Å². The predicted molar refractivity (Wildman–Crippen MR) is 58.2 cm³/mol. The Morgan fingerprint density at radius 1 is 1.67 bits per heavy atom. The number of aliphatic carboxylic acids is 1. The number of thioether (sulfide) groups is 1. The van der Waals surface area contributed by atoms with E-state index in [1.54, 1.807) is 12.5 Å².